The molecule has 22 heavy (non-hydrogen) atoms. The van der Waals surface area contributed by atoms with Crippen molar-refractivity contribution in [2.45, 2.75) is 64.1 Å². The zero-order chi connectivity index (χ0) is 15.6. The smallest absolute Gasteiger partial charge is 0.315 e. The first kappa shape index (κ1) is 16.8. The van der Waals surface area contributed by atoms with Crippen molar-refractivity contribution in [3.8, 4) is 0 Å². The minimum Gasteiger partial charge on any atom is -0.380 e. The van der Waals surface area contributed by atoms with Gasteiger partial charge in [-0.2, -0.15) is 0 Å². The van der Waals surface area contributed by atoms with Crippen molar-refractivity contribution in [2.75, 3.05) is 7.11 Å². The van der Waals surface area contributed by atoms with E-state index in [4.69, 9.17) is 4.74 Å². The molecule has 2 N–H and O–H groups in total. The van der Waals surface area contributed by atoms with Gasteiger partial charge >= 0.3 is 6.03 Å². The lowest BCUT2D eigenvalue weighted by molar-refractivity contribution is 0.185. The summed E-state index contributed by atoms with van der Waals surface area (Å²) in [5.41, 5.74) is 2.25. The summed E-state index contributed by atoms with van der Waals surface area (Å²) in [5.74, 6) is 0. The van der Waals surface area contributed by atoms with Crippen LogP contribution in [0.2, 0.25) is 0 Å². The first-order valence-corrected chi connectivity index (χ1v) is 8.39. The van der Waals surface area contributed by atoms with E-state index >= 15 is 0 Å². The van der Waals surface area contributed by atoms with Crippen LogP contribution in [0.1, 0.15) is 56.1 Å². The van der Waals surface area contributed by atoms with Crippen molar-refractivity contribution in [1.82, 2.24) is 10.6 Å². The van der Waals surface area contributed by atoms with Gasteiger partial charge in [-0.3, -0.25) is 0 Å². The van der Waals surface area contributed by atoms with E-state index in [1.54, 1.807) is 7.11 Å². The number of urea groups is 1. The first-order chi connectivity index (χ1) is 10.8. The van der Waals surface area contributed by atoms with E-state index in [0.29, 0.717) is 19.2 Å². The molecule has 0 saturated heterocycles. The Morgan fingerprint density at radius 2 is 1.64 bits per heavy atom. The average molecular weight is 304 g/mol. The monoisotopic (exact) mass is 304 g/mol. The molecule has 2 amide bonds. The number of ether oxygens (including phenoxy) is 1. The van der Waals surface area contributed by atoms with Crippen LogP contribution in [-0.4, -0.2) is 19.2 Å². The number of amides is 2. The van der Waals surface area contributed by atoms with Crippen molar-refractivity contribution in [2.24, 2.45) is 0 Å². The maximum Gasteiger partial charge on any atom is 0.315 e. The minimum atomic E-state index is -0.0495. The van der Waals surface area contributed by atoms with Gasteiger partial charge < -0.3 is 15.4 Å². The van der Waals surface area contributed by atoms with Crippen LogP contribution >= 0.6 is 0 Å². The zero-order valence-corrected chi connectivity index (χ0v) is 13.6. The summed E-state index contributed by atoms with van der Waals surface area (Å²) in [5, 5.41) is 6.07. The maximum absolute atomic E-state index is 12.0. The SMILES string of the molecule is COCc1ccc(CNC(=O)NC2CCCCCCC2)cc1. The van der Waals surface area contributed by atoms with E-state index in [0.717, 1.165) is 24.0 Å². The van der Waals surface area contributed by atoms with E-state index in [9.17, 15) is 4.79 Å². The number of carbonyl (C=O) groups is 1. The molecule has 0 aromatic heterocycles. The Hall–Kier alpha value is -1.55. The van der Waals surface area contributed by atoms with Crippen LogP contribution in [0.4, 0.5) is 4.79 Å². The van der Waals surface area contributed by atoms with Gasteiger partial charge in [0.2, 0.25) is 0 Å². The van der Waals surface area contributed by atoms with Crippen molar-refractivity contribution in [3.63, 3.8) is 0 Å². The molecule has 1 saturated carbocycles. The number of hydrogen-bond donors (Lipinski definition) is 2. The molecule has 2 rings (SSSR count). The summed E-state index contributed by atoms with van der Waals surface area (Å²) in [6, 6.07) is 8.42. The normalized spacial score (nSPS) is 16.6. The van der Waals surface area contributed by atoms with Gasteiger partial charge in [0.15, 0.2) is 0 Å². The van der Waals surface area contributed by atoms with Gasteiger partial charge in [-0.25, -0.2) is 4.79 Å². The largest absolute Gasteiger partial charge is 0.380 e. The average Bonchev–Trinajstić information content (AvgIpc) is 2.49. The fourth-order valence-corrected chi connectivity index (χ4v) is 2.94. The number of methoxy groups -OCH3 is 1. The third-order valence-electron chi connectivity index (χ3n) is 4.23. The molecule has 1 aromatic rings. The van der Waals surface area contributed by atoms with Crippen LogP contribution in [0, 0.1) is 0 Å². The maximum atomic E-state index is 12.0. The number of carbonyl (C=O) groups excluding carboxylic acids is 1. The molecule has 0 unspecified atom stereocenters. The van der Waals surface area contributed by atoms with Gasteiger partial charge in [-0.05, 0) is 24.0 Å². The van der Waals surface area contributed by atoms with Crippen LogP contribution in [-0.2, 0) is 17.9 Å². The molecule has 1 aliphatic rings. The highest BCUT2D eigenvalue weighted by atomic mass is 16.5. The van der Waals surface area contributed by atoms with Crippen LogP contribution in [0.25, 0.3) is 0 Å². The third kappa shape index (κ3) is 6.06. The standard InChI is InChI=1S/C18H28N2O2/c1-22-14-16-11-9-15(10-12-16)13-19-18(21)20-17-7-5-3-2-4-6-8-17/h9-12,17H,2-8,13-14H2,1H3,(H2,19,20,21). The summed E-state index contributed by atoms with van der Waals surface area (Å²) in [7, 11) is 1.69. The van der Waals surface area contributed by atoms with Crippen molar-refractivity contribution < 1.29 is 9.53 Å². The van der Waals surface area contributed by atoms with Gasteiger partial charge in [0.1, 0.15) is 0 Å². The predicted octanol–water partition coefficient (Wildman–Crippen LogP) is 3.75. The van der Waals surface area contributed by atoms with Crippen LogP contribution in [0.3, 0.4) is 0 Å². The molecule has 4 nitrogen and oxygen atoms in total. The first-order valence-electron chi connectivity index (χ1n) is 8.39. The summed E-state index contributed by atoms with van der Waals surface area (Å²) < 4.78 is 5.09. The van der Waals surface area contributed by atoms with Crippen LogP contribution in [0.5, 0.6) is 0 Å². The Labute approximate surface area is 133 Å². The number of rotatable bonds is 5. The molecule has 1 aromatic carbocycles. The lowest BCUT2D eigenvalue weighted by atomic mass is 9.97. The highest BCUT2D eigenvalue weighted by molar-refractivity contribution is 5.74. The molecule has 0 bridgehead atoms. The van der Waals surface area contributed by atoms with Crippen molar-refractivity contribution >= 4 is 6.03 Å². The van der Waals surface area contributed by atoms with Gasteiger partial charge in [-0.15, -0.1) is 0 Å². The van der Waals surface area contributed by atoms with Gasteiger partial charge in [-0.1, -0.05) is 56.4 Å². The molecule has 0 heterocycles. The fourth-order valence-electron chi connectivity index (χ4n) is 2.94. The van der Waals surface area contributed by atoms with Crippen molar-refractivity contribution in [1.29, 1.82) is 0 Å². The molecule has 0 radical (unpaired) electrons. The molecule has 122 valence electrons. The predicted molar refractivity (Wildman–Crippen MR) is 88.6 cm³/mol. The Balaban J connectivity index is 1.72. The summed E-state index contributed by atoms with van der Waals surface area (Å²) in [6.07, 6.45) is 8.62. The highest BCUT2D eigenvalue weighted by Gasteiger charge is 2.13. The van der Waals surface area contributed by atoms with Gasteiger partial charge in [0.25, 0.3) is 0 Å². The Kier molecular flexibility index (Phi) is 7.23. The van der Waals surface area contributed by atoms with Gasteiger partial charge in [0.05, 0.1) is 6.61 Å². The van der Waals surface area contributed by atoms with E-state index in [-0.39, 0.29) is 6.03 Å². The number of benzene rings is 1. The van der Waals surface area contributed by atoms with Crippen LogP contribution < -0.4 is 10.6 Å². The molecular weight excluding hydrogens is 276 g/mol. The fraction of sp³-hybridized carbons (Fsp3) is 0.611. The molecule has 0 atom stereocenters. The quantitative estimate of drug-likeness (QED) is 0.870. The second-order valence-electron chi connectivity index (χ2n) is 6.12. The molecule has 4 heteroatoms. The zero-order valence-electron chi connectivity index (χ0n) is 13.6. The molecule has 0 aliphatic heterocycles. The van der Waals surface area contributed by atoms with E-state index in [1.165, 1.54) is 32.1 Å². The van der Waals surface area contributed by atoms with Crippen LogP contribution in [0.15, 0.2) is 24.3 Å². The third-order valence-corrected chi connectivity index (χ3v) is 4.23. The van der Waals surface area contributed by atoms with E-state index < -0.39 is 0 Å². The Bertz CT molecular complexity index is 437. The summed E-state index contributed by atoms with van der Waals surface area (Å²) in [6.45, 7) is 1.18. The van der Waals surface area contributed by atoms with E-state index in [2.05, 4.69) is 10.6 Å². The molecule has 1 aliphatic carbocycles. The lowest BCUT2D eigenvalue weighted by Crippen LogP contribution is -2.42. The summed E-state index contributed by atoms with van der Waals surface area (Å²) >= 11 is 0. The Morgan fingerprint density at radius 1 is 1.05 bits per heavy atom. The molecule has 0 spiro atoms. The van der Waals surface area contributed by atoms with Gasteiger partial charge in [0, 0.05) is 19.7 Å². The lowest BCUT2D eigenvalue weighted by Gasteiger charge is -2.21. The second-order valence-corrected chi connectivity index (χ2v) is 6.12. The molecule has 1 fully saturated rings. The number of nitrogens with one attached hydrogen (secondary N) is 2. The topological polar surface area (TPSA) is 50.4 Å². The molecular formula is C18H28N2O2. The Morgan fingerprint density at radius 3 is 2.27 bits per heavy atom. The van der Waals surface area contributed by atoms with E-state index in [1.807, 2.05) is 24.3 Å². The minimum absolute atomic E-state index is 0.0495. The summed E-state index contributed by atoms with van der Waals surface area (Å²) in [4.78, 5) is 12.0. The van der Waals surface area contributed by atoms with Crippen molar-refractivity contribution in [3.05, 3.63) is 35.4 Å². The highest BCUT2D eigenvalue weighted by Crippen LogP contribution is 2.17. The number of hydrogen-bond acceptors (Lipinski definition) is 2. The second kappa shape index (κ2) is 9.46.